The molecule has 3 rings (SSSR count). The van der Waals surface area contributed by atoms with Crippen LogP contribution in [0, 0.1) is 18.3 Å². The Morgan fingerprint density at radius 1 is 1.31 bits per heavy atom. The van der Waals surface area contributed by atoms with E-state index in [0.717, 1.165) is 10.3 Å². The highest BCUT2D eigenvalue weighted by atomic mass is 16.5. The number of aliphatic hydroxyl groups excluding tert-OH is 2. The van der Waals surface area contributed by atoms with Crippen LogP contribution in [0.25, 0.3) is 0 Å². The molecule has 1 aliphatic rings. The van der Waals surface area contributed by atoms with Gasteiger partial charge in [-0.15, -0.1) is 0 Å². The molecular formula is C24H32N5O6+. The molecule has 2 heterocycles. The van der Waals surface area contributed by atoms with E-state index >= 15 is 0 Å². The molecular weight excluding hydrogens is 454 g/mol. The molecule has 1 aromatic carbocycles. The number of aromatic nitrogens is 2. The van der Waals surface area contributed by atoms with Gasteiger partial charge in [-0.2, -0.15) is 5.26 Å². The second kappa shape index (κ2) is 10.5. The second-order valence-electron chi connectivity index (χ2n) is 9.54. The second-order valence-corrected chi connectivity index (χ2v) is 9.54. The third kappa shape index (κ3) is 5.68. The van der Waals surface area contributed by atoms with E-state index < -0.39 is 29.7 Å². The lowest BCUT2D eigenvalue weighted by Crippen LogP contribution is -2.42. The minimum atomic E-state index is -0.911. The average Bonchev–Trinajstić information content (AvgIpc) is 3.19. The molecule has 1 aliphatic heterocycles. The fraction of sp³-hybridized carbons (Fsp3) is 0.500. The molecule has 0 radical (unpaired) electrons. The summed E-state index contributed by atoms with van der Waals surface area (Å²) in [5.41, 5.74) is 0.870. The lowest BCUT2D eigenvalue weighted by Gasteiger charge is -2.24. The zero-order valence-electron chi connectivity index (χ0n) is 20.4. The van der Waals surface area contributed by atoms with Crippen molar-refractivity contribution < 1.29 is 19.7 Å². The summed E-state index contributed by atoms with van der Waals surface area (Å²) in [5.74, 6) is -0.355. The van der Waals surface area contributed by atoms with Gasteiger partial charge in [0.15, 0.2) is 0 Å². The van der Waals surface area contributed by atoms with Gasteiger partial charge in [-0.3, -0.25) is 23.2 Å². The summed E-state index contributed by atoms with van der Waals surface area (Å²) in [7, 11) is 5.80. The zero-order chi connectivity index (χ0) is 25.9. The number of aryl methyl sites for hydroxylation is 1. The first-order chi connectivity index (χ1) is 16.5. The third-order valence-corrected chi connectivity index (χ3v) is 6.01. The summed E-state index contributed by atoms with van der Waals surface area (Å²) in [6.07, 6.45) is -0.654. The van der Waals surface area contributed by atoms with Crippen LogP contribution in [-0.2, 0) is 11.3 Å². The monoisotopic (exact) mass is 486 g/mol. The van der Waals surface area contributed by atoms with Crippen molar-refractivity contribution in [3.63, 3.8) is 0 Å². The number of rotatable bonds is 8. The fourth-order valence-corrected chi connectivity index (χ4v) is 4.10. The molecule has 188 valence electrons. The van der Waals surface area contributed by atoms with Gasteiger partial charge in [0.1, 0.15) is 29.7 Å². The molecule has 0 aliphatic carbocycles. The van der Waals surface area contributed by atoms with Crippen molar-refractivity contribution in [2.75, 3.05) is 34.3 Å². The number of amides is 1. The molecule has 1 aromatic heterocycles. The van der Waals surface area contributed by atoms with Gasteiger partial charge in [-0.1, -0.05) is 0 Å². The molecule has 11 heteroatoms. The van der Waals surface area contributed by atoms with E-state index in [2.05, 4.69) is 11.4 Å². The molecule has 1 amide bonds. The Hall–Kier alpha value is -3.30. The van der Waals surface area contributed by atoms with Gasteiger partial charge < -0.3 is 20.3 Å². The van der Waals surface area contributed by atoms with Crippen molar-refractivity contribution >= 4 is 11.6 Å². The van der Waals surface area contributed by atoms with Gasteiger partial charge in [0.25, 0.3) is 11.5 Å². The summed E-state index contributed by atoms with van der Waals surface area (Å²) in [6.45, 7) is 1.49. The maximum Gasteiger partial charge on any atom is 0.333 e. The van der Waals surface area contributed by atoms with Crippen LogP contribution in [0.5, 0.6) is 0 Å². The summed E-state index contributed by atoms with van der Waals surface area (Å²) < 4.78 is 8.34. The molecule has 11 nitrogen and oxygen atoms in total. The van der Waals surface area contributed by atoms with Gasteiger partial charge in [0.05, 0.1) is 33.9 Å². The Morgan fingerprint density at radius 3 is 2.63 bits per heavy atom. The van der Waals surface area contributed by atoms with E-state index in [9.17, 15) is 29.9 Å². The van der Waals surface area contributed by atoms with Gasteiger partial charge in [0.2, 0.25) is 0 Å². The topological polar surface area (TPSA) is 147 Å². The number of quaternary nitrogens is 1. The van der Waals surface area contributed by atoms with Crippen molar-refractivity contribution in [1.82, 2.24) is 18.9 Å². The molecule has 0 saturated carbocycles. The van der Waals surface area contributed by atoms with Crippen LogP contribution in [-0.4, -0.2) is 71.8 Å². The Labute approximate surface area is 203 Å². The molecule has 0 spiro atoms. The van der Waals surface area contributed by atoms with Gasteiger partial charge in [0, 0.05) is 42.9 Å². The summed E-state index contributed by atoms with van der Waals surface area (Å²) >= 11 is 0. The Bertz CT molecular complexity index is 1250. The molecule has 0 bridgehead atoms. The molecule has 2 aromatic rings. The lowest BCUT2D eigenvalue weighted by molar-refractivity contribution is -0.0464. The minimum Gasteiger partial charge on any atom is -0.394 e. The van der Waals surface area contributed by atoms with Crippen LogP contribution >= 0.6 is 0 Å². The van der Waals surface area contributed by atoms with E-state index in [1.165, 1.54) is 10.8 Å². The highest BCUT2D eigenvalue weighted by molar-refractivity contribution is 5.95. The standard InChI is InChI=1S/C24H31N5O6/c1-15-13-28(21-11-19(31)20(14-30)35-21)24(34)27(23(15)33)9-5-8-26-22(32)16-6-7-18(29(2,3)4)17(10-16)12-25/h6-7,10,13,19-21,30-31H,5,8-9,11,14H2,1-4H3/p+1/t19-,20+,21+/m0/s1. The average molecular weight is 487 g/mol. The fourth-order valence-electron chi connectivity index (χ4n) is 4.10. The number of aliphatic hydroxyl groups is 2. The number of hydrogen-bond acceptors (Lipinski definition) is 7. The van der Waals surface area contributed by atoms with Crippen molar-refractivity contribution in [3.05, 3.63) is 61.9 Å². The summed E-state index contributed by atoms with van der Waals surface area (Å²) in [4.78, 5) is 38.1. The lowest BCUT2D eigenvalue weighted by atomic mass is 10.1. The van der Waals surface area contributed by atoms with E-state index in [1.54, 1.807) is 25.1 Å². The van der Waals surface area contributed by atoms with Gasteiger partial charge in [-0.05, 0) is 25.5 Å². The van der Waals surface area contributed by atoms with Crippen molar-refractivity contribution in [2.45, 2.75) is 44.7 Å². The van der Waals surface area contributed by atoms with Crippen LogP contribution in [0.3, 0.4) is 0 Å². The van der Waals surface area contributed by atoms with Crippen molar-refractivity contribution in [2.24, 2.45) is 0 Å². The van der Waals surface area contributed by atoms with E-state index in [-0.39, 0.29) is 32.0 Å². The van der Waals surface area contributed by atoms with Crippen LogP contribution in [0.15, 0.2) is 34.0 Å². The van der Waals surface area contributed by atoms with Crippen LogP contribution in [0.2, 0.25) is 0 Å². The van der Waals surface area contributed by atoms with Crippen molar-refractivity contribution in [1.29, 1.82) is 5.26 Å². The number of carbonyl (C=O) groups excluding carboxylic acids is 1. The number of carbonyl (C=O) groups is 1. The highest BCUT2D eigenvalue weighted by Gasteiger charge is 2.35. The SMILES string of the molecule is Cc1cn([C@H]2C[C@H](O)[C@@H](CO)O2)c(=O)n(CCCNC(=O)c2ccc([N+](C)(C)C)c(C#N)c2)c1=O. The first-order valence-electron chi connectivity index (χ1n) is 11.4. The quantitative estimate of drug-likeness (QED) is 0.347. The maximum atomic E-state index is 12.9. The third-order valence-electron chi connectivity index (χ3n) is 6.01. The van der Waals surface area contributed by atoms with Crippen molar-refractivity contribution in [3.8, 4) is 6.07 Å². The van der Waals surface area contributed by atoms with Crippen LogP contribution in [0.1, 0.15) is 40.6 Å². The summed E-state index contributed by atoms with van der Waals surface area (Å²) in [5, 5.41) is 31.5. The molecule has 0 unspecified atom stereocenters. The first kappa shape index (κ1) is 26.3. The van der Waals surface area contributed by atoms with Crippen LogP contribution < -0.4 is 21.0 Å². The Kier molecular flexibility index (Phi) is 7.92. The molecule has 3 atom stereocenters. The number of nitrogens with one attached hydrogen (secondary N) is 1. The number of nitriles is 1. The number of benzene rings is 1. The van der Waals surface area contributed by atoms with Gasteiger partial charge in [-0.25, -0.2) is 4.79 Å². The molecule has 1 saturated heterocycles. The Morgan fingerprint density at radius 2 is 2.03 bits per heavy atom. The largest absolute Gasteiger partial charge is 0.394 e. The zero-order valence-corrected chi connectivity index (χ0v) is 20.4. The maximum absolute atomic E-state index is 12.9. The van der Waals surface area contributed by atoms with E-state index in [1.807, 2.05) is 21.1 Å². The van der Waals surface area contributed by atoms with E-state index in [0.29, 0.717) is 27.6 Å². The summed E-state index contributed by atoms with van der Waals surface area (Å²) in [6, 6.07) is 7.10. The number of hydrogen-bond donors (Lipinski definition) is 3. The van der Waals surface area contributed by atoms with E-state index in [4.69, 9.17) is 4.74 Å². The highest BCUT2D eigenvalue weighted by Crippen LogP contribution is 2.27. The predicted octanol–water partition coefficient (Wildman–Crippen LogP) is -0.152. The Balaban J connectivity index is 1.67. The molecule has 35 heavy (non-hydrogen) atoms. The normalized spacial score (nSPS) is 20.0. The number of ether oxygens (including phenoxy) is 1. The first-order valence-corrected chi connectivity index (χ1v) is 11.4. The van der Waals surface area contributed by atoms with Gasteiger partial charge >= 0.3 is 5.69 Å². The molecule has 3 N–H and O–H groups in total. The smallest absolute Gasteiger partial charge is 0.333 e. The molecule has 1 fully saturated rings. The minimum absolute atomic E-state index is 0.0716. The number of nitrogens with zero attached hydrogens (tertiary/aromatic N) is 4. The van der Waals surface area contributed by atoms with Crippen LogP contribution in [0.4, 0.5) is 5.69 Å². The predicted molar refractivity (Wildman–Crippen MR) is 129 cm³/mol.